The number of halogens is 1. The maximum Gasteiger partial charge on any atom is 0.226 e. The van der Waals surface area contributed by atoms with E-state index in [1.54, 1.807) is 0 Å². The molecule has 3 aromatic heterocycles. The molecule has 212 valence electrons. The molecule has 0 atom stereocenters. The smallest absolute Gasteiger partial charge is 0.226 e. The Morgan fingerprint density at radius 3 is 1.24 bits per heavy atom. The van der Waals surface area contributed by atoms with Gasteiger partial charge in [0.1, 0.15) is 0 Å². The van der Waals surface area contributed by atoms with Crippen LogP contribution in [0, 0.1) is 0 Å². The second-order valence-electron chi connectivity index (χ2n) is 11.0. The average molecular weight is 598 g/mol. The second kappa shape index (κ2) is 10.2. The van der Waals surface area contributed by atoms with Gasteiger partial charge in [0.25, 0.3) is 0 Å². The first kappa shape index (κ1) is 25.7. The first-order valence-corrected chi connectivity index (χ1v) is 15.2. The topological polar surface area (TPSA) is 48.5 Å². The van der Waals surface area contributed by atoms with Crippen LogP contribution in [-0.4, -0.2) is 24.1 Å². The molecule has 9 rings (SSSR count). The molecule has 6 aromatic carbocycles. The third kappa shape index (κ3) is 3.98. The molecule has 0 spiro atoms. The fourth-order valence-electron chi connectivity index (χ4n) is 6.71. The van der Waals surface area contributed by atoms with Gasteiger partial charge in [0.05, 0.1) is 22.1 Å². The average Bonchev–Trinajstić information content (AvgIpc) is 3.62. The molecule has 6 heteroatoms. The molecule has 0 unspecified atom stereocenters. The normalized spacial score (nSPS) is 11.7. The summed E-state index contributed by atoms with van der Waals surface area (Å²) in [7, 11) is 0. The number of aromatic nitrogens is 5. The van der Waals surface area contributed by atoms with Gasteiger partial charge in [-0.1, -0.05) is 97.1 Å². The van der Waals surface area contributed by atoms with E-state index in [-0.39, 0.29) is 5.28 Å². The highest BCUT2D eigenvalue weighted by Crippen LogP contribution is 2.40. The SMILES string of the molecule is Clc1nc(-c2cccc3c2c2ccccc2n3-c2ccccc2)nc(-c2cccc3c2c2ccccc2n3-c2ccccc2)n1. The van der Waals surface area contributed by atoms with E-state index in [1.165, 1.54) is 0 Å². The zero-order valence-electron chi connectivity index (χ0n) is 24.0. The molecule has 0 radical (unpaired) electrons. The fourth-order valence-corrected chi connectivity index (χ4v) is 6.87. The molecular weight excluding hydrogens is 574 g/mol. The standard InChI is InChI=1S/C39H24ClN5/c40-39-42-37(29-19-11-23-33-35(29)27-17-7-9-21-31(27)44(33)25-13-3-1-4-14-25)41-38(43-39)30-20-12-24-34-36(30)28-18-8-10-22-32(28)45(34)26-15-5-2-6-16-26/h1-24H. The molecule has 0 fully saturated rings. The minimum Gasteiger partial charge on any atom is -0.309 e. The first-order chi connectivity index (χ1) is 22.3. The number of nitrogens with zero attached hydrogens (tertiary/aromatic N) is 5. The van der Waals surface area contributed by atoms with Crippen LogP contribution in [0.1, 0.15) is 0 Å². The zero-order chi connectivity index (χ0) is 29.9. The lowest BCUT2D eigenvalue weighted by atomic mass is 10.0. The first-order valence-electron chi connectivity index (χ1n) is 14.8. The predicted octanol–water partition coefficient (Wildman–Crippen LogP) is 10.1. The zero-order valence-corrected chi connectivity index (χ0v) is 24.7. The van der Waals surface area contributed by atoms with Gasteiger partial charge in [0, 0.05) is 44.0 Å². The molecule has 5 nitrogen and oxygen atoms in total. The summed E-state index contributed by atoms with van der Waals surface area (Å²) in [6.07, 6.45) is 0. The van der Waals surface area contributed by atoms with Gasteiger partial charge < -0.3 is 9.13 Å². The quantitative estimate of drug-likeness (QED) is 0.203. The van der Waals surface area contributed by atoms with Crippen molar-refractivity contribution in [2.24, 2.45) is 0 Å². The van der Waals surface area contributed by atoms with Crippen molar-refractivity contribution in [1.82, 2.24) is 24.1 Å². The Labute approximate surface area is 263 Å². The van der Waals surface area contributed by atoms with Crippen LogP contribution in [-0.2, 0) is 0 Å². The monoisotopic (exact) mass is 597 g/mol. The van der Waals surface area contributed by atoms with Gasteiger partial charge in [-0.15, -0.1) is 0 Å². The number of benzene rings is 6. The number of para-hydroxylation sites is 4. The maximum atomic E-state index is 6.72. The van der Waals surface area contributed by atoms with Crippen LogP contribution in [0.5, 0.6) is 0 Å². The van der Waals surface area contributed by atoms with E-state index in [0.717, 1.165) is 66.1 Å². The molecule has 45 heavy (non-hydrogen) atoms. The van der Waals surface area contributed by atoms with Gasteiger partial charge in [-0.05, 0) is 60.1 Å². The fraction of sp³-hybridized carbons (Fsp3) is 0. The van der Waals surface area contributed by atoms with E-state index in [9.17, 15) is 0 Å². The van der Waals surface area contributed by atoms with Crippen molar-refractivity contribution in [3.63, 3.8) is 0 Å². The molecule has 0 saturated carbocycles. The van der Waals surface area contributed by atoms with Gasteiger partial charge in [0.2, 0.25) is 5.28 Å². The molecule has 0 bridgehead atoms. The third-order valence-corrected chi connectivity index (χ3v) is 8.68. The van der Waals surface area contributed by atoms with Crippen LogP contribution in [0.3, 0.4) is 0 Å². The predicted molar refractivity (Wildman–Crippen MR) is 184 cm³/mol. The molecule has 0 aliphatic heterocycles. The van der Waals surface area contributed by atoms with Crippen LogP contribution >= 0.6 is 11.6 Å². The highest BCUT2D eigenvalue weighted by molar-refractivity contribution is 6.28. The molecule has 0 amide bonds. The summed E-state index contributed by atoms with van der Waals surface area (Å²) in [5.74, 6) is 1.07. The van der Waals surface area contributed by atoms with Crippen molar-refractivity contribution in [3.05, 3.63) is 151 Å². The Hall–Kier alpha value is -5.78. The maximum absolute atomic E-state index is 6.72. The van der Waals surface area contributed by atoms with Crippen molar-refractivity contribution >= 4 is 55.2 Å². The van der Waals surface area contributed by atoms with E-state index >= 15 is 0 Å². The molecule has 0 aliphatic rings. The molecule has 9 aromatic rings. The third-order valence-electron chi connectivity index (χ3n) is 8.51. The second-order valence-corrected chi connectivity index (χ2v) is 11.4. The summed E-state index contributed by atoms with van der Waals surface area (Å²) in [5, 5.41) is 4.55. The lowest BCUT2D eigenvalue weighted by Crippen LogP contribution is -1.98. The van der Waals surface area contributed by atoms with E-state index < -0.39 is 0 Å². The van der Waals surface area contributed by atoms with Crippen LogP contribution in [0.2, 0.25) is 5.28 Å². The number of hydrogen-bond donors (Lipinski definition) is 0. The van der Waals surface area contributed by atoms with E-state index in [0.29, 0.717) is 11.6 Å². The van der Waals surface area contributed by atoms with Crippen molar-refractivity contribution in [2.45, 2.75) is 0 Å². The molecule has 0 saturated heterocycles. The Kier molecular flexibility index (Phi) is 5.80. The van der Waals surface area contributed by atoms with Crippen molar-refractivity contribution in [2.75, 3.05) is 0 Å². The molecule has 3 heterocycles. The van der Waals surface area contributed by atoms with Gasteiger partial charge in [-0.3, -0.25) is 0 Å². The number of fused-ring (bicyclic) bond motifs is 6. The van der Waals surface area contributed by atoms with Crippen LogP contribution < -0.4 is 0 Å². The van der Waals surface area contributed by atoms with E-state index in [1.807, 2.05) is 12.1 Å². The minimum absolute atomic E-state index is 0.155. The minimum atomic E-state index is 0.155. The number of rotatable bonds is 4. The lowest BCUT2D eigenvalue weighted by Gasteiger charge is -2.10. The Morgan fingerprint density at radius 2 is 0.778 bits per heavy atom. The summed E-state index contributed by atoms with van der Waals surface area (Å²) < 4.78 is 4.58. The van der Waals surface area contributed by atoms with Gasteiger partial charge >= 0.3 is 0 Å². The summed E-state index contributed by atoms with van der Waals surface area (Å²) in [5.41, 5.74) is 8.38. The van der Waals surface area contributed by atoms with Crippen molar-refractivity contribution in [1.29, 1.82) is 0 Å². The Bertz CT molecular complexity index is 2370. The number of hydrogen-bond acceptors (Lipinski definition) is 3. The van der Waals surface area contributed by atoms with Crippen LogP contribution in [0.4, 0.5) is 0 Å². The molecular formula is C39H24ClN5. The van der Waals surface area contributed by atoms with Crippen LogP contribution in [0.15, 0.2) is 146 Å². The summed E-state index contributed by atoms with van der Waals surface area (Å²) >= 11 is 6.72. The van der Waals surface area contributed by atoms with E-state index in [4.69, 9.17) is 26.6 Å². The van der Waals surface area contributed by atoms with Crippen molar-refractivity contribution in [3.8, 4) is 34.2 Å². The van der Waals surface area contributed by atoms with Crippen LogP contribution in [0.25, 0.3) is 77.8 Å². The Morgan fingerprint density at radius 1 is 0.378 bits per heavy atom. The van der Waals surface area contributed by atoms with E-state index in [2.05, 4.69) is 143 Å². The van der Waals surface area contributed by atoms with Gasteiger partial charge in [-0.25, -0.2) is 4.98 Å². The summed E-state index contributed by atoms with van der Waals surface area (Å²) in [6, 6.07) is 50.3. The highest BCUT2D eigenvalue weighted by Gasteiger charge is 2.21. The summed E-state index contributed by atoms with van der Waals surface area (Å²) in [4.78, 5) is 14.5. The Balaban J connectivity index is 1.31. The molecule has 0 N–H and O–H groups in total. The summed E-state index contributed by atoms with van der Waals surface area (Å²) in [6.45, 7) is 0. The van der Waals surface area contributed by atoms with Gasteiger partial charge in [-0.2, -0.15) is 9.97 Å². The largest absolute Gasteiger partial charge is 0.309 e. The lowest BCUT2D eigenvalue weighted by molar-refractivity contribution is 1.07. The highest BCUT2D eigenvalue weighted by atomic mass is 35.5. The van der Waals surface area contributed by atoms with Crippen molar-refractivity contribution < 1.29 is 0 Å². The molecule has 0 aliphatic carbocycles. The van der Waals surface area contributed by atoms with Gasteiger partial charge in [0.15, 0.2) is 11.6 Å².